The summed E-state index contributed by atoms with van der Waals surface area (Å²) in [6.07, 6.45) is 1.12. The fraction of sp³-hybridized carbons (Fsp3) is 0.250. The third-order valence-corrected chi connectivity index (χ3v) is 6.59. The van der Waals surface area contributed by atoms with Crippen LogP contribution in [0.2, 0.25) is 0 Å². The standard InChI is InChI=1S/C27H29N3O3S.CO2/c1-3-14-30(18-21-7-6-15-34-21)27(32)26(22-8-4-5-9-24(22)33-2)28-17-19-10-12-23-20(16-19)11-13-25(31)29-23;2-1-3/h4-13,15-16,26,28H,3,14,17-18H2,1-2H3,(H,29,31);/t26-;/m1./s1. The molecule has 0 fully saturated rings. The smallest absolute Gasteiger partial charge is 0.373 e. The summed E-state index contributed by atoms with van der Waals surface area (Å²) in [4.78, 5) is 47.6. The molecule has 9 heteroatoms. The van der Waals surface area contributed by atoms with Crippen LogP contribution < -0.4 is 15.6 Å². The number of thiophene rings is 1. The largest absolute Gasteiger partial charge is 0.496 e. The second-order valence-corrected chi connectivity index (χ2v) is 9.25. The van der Waals surface area contributed by atoms with Crippen LogP contribution in [0.1, 0.15) is 35.4 Å². The van der Waals surface area contributed by atoms with Gasteiger partial charge < -0.3 is 14.6 Å². The van der Waals surface area contributed by atoms with Crippen molar-refractivity contribution in [2.24, 2.45) is 0 Å². The van der Waals surface area contributed by atoms with Crippen LogP contribution in [0.4, 0.5) is 0 Å². The van der Waals surface area contributed by atoms with Crippen LogP contribution in [-0.2, 0) is 27.5 Å². The Morgan fingerprint density at radius 1 is 1.11 bits per heavy atom. The van der Waals surface area contributed by atoms with Gasteiger partial charge in [0.2, 0.25) is 11.5 Å². The number of aromatic nitrogens is 1. The summed E-state index contributed by atoms with van der Waals surface area (Å²) in [5, 5.41) is 6.46. The number of methoxy groups -OCH3 is 1. The van der Waals surface area contributed by atoms with Gasteiger partial charge in [0.15, 0.2) is 0 Å². The molecular weight excluding hydrogens is 490 g/mol. The Hall–Kier alpha value is -4.04. The van der Waals surface area contributed by atoms with Gasteiger partial charge in [0.05, 0.1) is 13.7 Å². The molecule has 1 atom stereocenters. The molecule has 1 amide bonds. The van der Waals surface area contributed by atoms with E-state index in [-0.39, 0.29) is 17.6 Å². The van der Waals surface area contributed by atoms with E-state index in [4.69, 9.17) is 14.3 Å². The third-order valence-electron chi connectivity index (χ3n) is 5.73. The second kappa shape index (κ2) is 13.9. The monoisotopic (exact) mass is 519 g/mol. The van der Waals surface area contributed by atoms with E-state index in [0.717, 1.165) is 33.3 Å². The lowest BCUT2D eigenvalue weighted by Gasteiger charge is -2.28. The number of benzene rings is 2. The first-order chi connectivity index (χ1) is 18.0. The molecule has 192 valence electrons. The zero-order valence-corrected chi connectivity index (χ0v) is 21.5. The summed E-state index contributed by atoms with van der Waals surface area (Å²) < 4.78 is 5.60. The van der Waals surface area contributed by atoms with Gasteiger partial charge in [-0.15, -0.1) is 11.3 Å². The summed E-state index contributed by atoms with van der Waals surface area (Å²) in [6.45, 7) is 3.83. The van der Waals surface area contributed by atoms with Gasteiger partial charge in [0.1, 0.15) is 11.8 Å². The highest BCUT2D eigenvalue weighted by molar-refractivity contribution is 7.09. The van der Waals surface area contributed by atoms with Crippen LogP contribution in [0.5, 0.6) is 5.75 Å². The van der Waals surface area contributed by atoms with E-state index in [0.29, 0.717) is 25.4 Å². The fourth-order valence-electron chi connectivity index (χ4n) is 4.08. The predicted molar refractivity (Wildman–Crippen MR) is 142 cm³/mol. The number of H-pyrrole nitrogens is 1. The van der Waals surface area contributed by atoms with Crippen molar-refractivity contribution in [1.29, 1.82) is 0 Å². The van der Waals surface area contributed by atoms with Gasteiger partial charge >= 0.3 is 6.15 Å². The number of fused-ring (bicyclic) bond motifs is 1. The Bertz CT molecular complexity index is 1390. The SMILES string of the molecule is CCCN(Cc1cccs1)C(=O)[C@H](NCc1ccc2[nH]c(=O)ccc2c1)c1ccccc1OC.O=C=O. The molecule has 0 saturated heterocycles. The number of hydrogen-bond donors (Lipinski definition) is 2. The summed E-state index contributed by atoms with van der Waals surface area (Å²) in [6, 6.07) is 20.4. The van der Waals surface area contributed by atoms with Crippen LogP contribution in [0.3, 0.4) is 0 Å². The quantitative estimate of drug-likeness (QED) is 0.324. The number of pyridine rings is 1. The molecule has 0 aliphatic carbocycles. The number of rotatable bonds is 10. The number of carbonyl (C=O) groups excluding carboxylic acids is 3. The van der Waals surface area contributed by atoms with Crippen molar-refractivity contribution in [3.05, 3.63) is 98.5 Å². The van der Waals surface area contributed by atoms with Crippen LogP contribution in [0.15, 0.2) is 76.9 Å². The normalized spacial score (nSPS) is 11.2. The van der Waals surface area contributed by atoms with Gasteiger partial charge in [-0.05, 0) is 53.1 Å². The van der Waals surface area contributed by atoms with Crippen molar-refractivity contribution >= 4 is 34.3 Å². The molecule has 8 nitrogen and oxygen atoms in total. The molecule has 0 saturated carbocycles. The second-order valence-electron chi connectivity index (χ2n) is 8.22. The molecule has 0 unspecified atom stereocenters. The lowest BCUT2D eigenvalue weighted by Crippen LogP contribution is -2.41. The number of nitrogens with zero attached hydrogens (tertiary/aromatic N) is 1. The molecule has 2 aromatic carbocycles. The highest BCUT2D eigenvalue weighted by Crippen LogP contribution is 2.28. The van der Waals surface area contributed by atoms with Gasteiger partial charge in [-0.3, -0.25) is 14.9 Å². The Morgan fingerprint density at radius 2 is 1.89 bits per heavy atom. The molecule has 0 bridgehead atoms. The molecule has 0 spiro atoms. The minimum absolute atomic E-state index is 0.0184. The fourth-order valence-corrected chi connectivity index (χ4v) is 4.80. The molecular formula is C28H29N3O5S. The van der Waals surface area contributed by atoms with Gasteiger partial charge in [0, 0.05) is 35.1 Å². The average molecular weight is 520 g/mol. The molecule has 0 radical (unpaired) electrons. The minimum atomic E-state index is -0.561. The van der Waals surface area contributed by atoms with E-state index < -0.39 is 6.04 Å². The zero-order valence-electron chi connectivity index (χ0n) is 20.7. The number of nitrogens with one attached hydrogen (secondary N) is 2. The van der Waals surface area contributed by atoms with Crippen LogP contribution in [-0.4, -0.2) is 35.6 Å². The molecule has 0 aliphatic heterocycles. The molecule has 37 heavy (non-hydrogen) atoms. The Kier molecular flexibility index (Phi) is 10.3. The maximum absolute atomic E-state index is 13.9. The van der Waals surface area contributed by atoms with E-state index in [2.05, 4.69) is 23.3 Å². The lowest BCUT2D eigenvalue weighted by atomic mass is 10.0. The van der Waals surface area contributed by atoms with Crippen LogP contribution in [0.25, 0.3) is 10.9 Å². The van der Waals surface area contributed by atoms with Gasteiger partial charge in [0.25, 0.3) is 0 Å². The van der Waals surface area contributed by atoms with Crippen molar-refractivity contribution in [3.63, 3.8) is 0 Å². The van der Waals surface area contributed by atoms with Gasteiger partial charge in [-0.1, -0.05) is 37.3 Å². The summed E-state index contributed by atoms with van der Waals surface area (Å²) >= 11 is 1.66. The Balaban J connectivity index is 0.00000121. The number of ether oxygens (including phenoxy) is 1. The summed E-state index contributed by atoms with van der Waals surface area (Å²) in [5.74, 6) is 0.696. The number of carbonyl (C=O) groups is 1. The van der Waals surface area contributed by atoms with Crippen LogP contribution in [0, 0.1) is 0 Å². The molecule has 2 heterocycles. The molecule has 4 rings (SSSR count). The van der Waals surface area contributed by atoms with E-state index >= 15 is 0 Å². The van der Waals surface area contributed by atoms with E-state index in [1.807, 2.05) is 64.9 Å². The van der Waals surface area contributed by atoms with Crippen molar-refractivity contribution < 1.29 is 19.1 Å². The number of aromatic amines is 1. The minimum Gasteiger partial charge on any atom is -0.496 e. The first-order valence-corrected chi connectivity index (χ1v) is 12.7. The third kappa shape index (κ3) is 7.47. The lowest BCUT2D eigenvalue weighted by molar-refractivity contribution is -0.191. The van der Waals surface area contributed by atoms with Gasteiger partial charge in [-0.25, -0.2) is 0 Å². The summed E-state index contributed by atoms with van der Waals surface area (Å²) in [5.41, 5.74) is 2.50. The van der Waals surface area contributed by atoms with E-state index in [1.54, 1.807) is 18.4 Å². The van der Waals surface area contributed by atoms with E-state index in [1.165, 1.54) is 6.07 Å². The summed E-state index contributed by atoms with van der Waals surface area (Å²) in [7, 11) is 1.62. The Morgan fingerprint density at radius 3 is 2.59 bits per heavy atom. The molecule has 2 N–H and O–H groups in total. The maximum Gasteiger partial charge on any atom is 0.373 e. The molecule has 0 aliphatic rings. The Labute approximate surface area is 218 Å². The van der Waals surface area contributed by atoms with Crippen molar-refractivity contribution in [3.8, 4) is 5.75 Å². The van der Waals surface area contributed by atoms with Crippen molar-refractivity contribution in [2.45, 2.75) is 32.5 Å². The number of hydrogen-bond acceptors (Lipinski definition) is 7. The number of amides is 1. The van der Waals surface area contributed by atoms with E-state index in [9.17, 15) is 9.59 Å². The molecule has 2 aromatic heterocycles. The topological polar surface area (TPSA) is 109 Å². The highest BCUT2D eigenvalue weighted by atomic mass is 32.1. The van der Waals surface area contributed by atoms with Gasteiger partial charge in [-0.2, -0.15) is 9.59 Å². The first kappa shape index (κ1) is 27.5. The number of para-hydroxylation sites is 1. The van der Waals surface area contributed by atoms with Crippen molar-refractivity contribution in [1.82, 2.24) is 15.2 Å². The average Bonchev–Trinajstić information content (AvgIpc) is 3.42. The predicted octanol–water partition coefficient (Wildman–Crippen LogP) is 4.28. The first-order valence-electron chi connectivity index (χ1n) is 11.8. The molecule has 4 aromatic rings. The highest BCUT2D eigenvalue weighted by Gasteiger charge is 2.28. The van der Waals surface area contributed by atoms with Crippen molar-refractivity contribution in [2.75, 3.05) is 13.7 Å². The zero-order chi connectivity index (χ0) is 26.6. The van der Waals surface area contributed by atoms with Crippen LogP contribution >= 0.6 is 11.3 Å². The maximum atomic E-state index is 13.9.